The zero-order valence-electron chi connectivity index (χ0n) is 18.6. The summed E-state index contributed by atoms with van der Waals surface area (Å²) in [7, 11) is -3.89. The Bertz CT molecular complexity index is 1320. The highest BCUT2D eigenvalue weighted by molar-refractivity contribution is 7.89. The third-order valence-electron chi connectivity index (χ3n) is 5.78. The zero-order chi connectivity index (χ0) is 24.1. The van der Waals surface area contributed by atoms with Crippen LogP contribution in [-0.4, -0.2) is 43.2 Å². The fourth-order valence-corrected chi connectivity index (χ4v) is 5.59. The lowest BCUT2D eigenvalue weighted by atomic mass is 10.0. The maximum absolute atomic E-state index is 13.5. The monoisotopic (exact) mass is 477 g/mol. The molecule has 174 valence electrons. The number of halogens is 1. The van der Waals surface area contributed by atoms with Gasteiger partial charge >= 0.3 is 0 Å². The molecule has 1 saturated heterocycles. The second-order valence-corrected chi connectivity index (χ2v) is 9.81. The topological polar surface area (TPSA) is 88.8 Å². The van der Waals surface area contributed by atoms with Crippen LogP contribution in [0.15, 0.2) is 88.8 Å². The first-order chi connectivity index (χ1) is 16.4. The number of benzene rings is 3. The highest BCUT2D eigenvalue weighted by Gasteiger charge is 2.38. The first-order valence-electron chi connectivity index (χ1n) is 10.8. The van der Waals surface area contributed by atoms with Gasteiger partial charge in [0.05, 0.1) is 10.9 Å². The molecule has 0 aliphatic carbocycles. The van der Waals surface area contributed by atoms with Gasteiger partial charge in [0.15, 0.2) is 0 Å². The summed E-state index contributed by atoms with van der Waals surface area (Å²) in [6, 6.07) is 21.3. The van der Waals surface area contributed by atoms with Crippen molar-refractivity contribution in [2.75, 3.05) is 25.0 Å². The van der Waals surface area contributed by atoms with E-state index in [1.54, 1.807) is 0 Å². The molecule has 9 heteroatoms. The molecule has 1 N–H and O–H groups in total. The number of aliphatic imine (C=N–C) groups is 1. The molecule has 0 bridgehead atoms. The Morgan fingerprint density at radius 1 is 1.03 bits per heavy atom. The van der Waals surface area contributed by atoms with Crippen LogP contribution >= 0.6 is 0 Å². The summed E-state index contributed by atoms with van der Waals surface area (Å²) in [5.74, 6) is -0.139. The first-order valence-corrected chi connectivity index (χ1v) is 12.2. The number of nitrogens with one attached hydrogen (secondary N) is 1. The number of piperazine rings is 1. The minimum Gasteiger partial charge on any atom is -0.339 e. The van der Waals surface area contributed by atoms with Crippen LogP contribution < -0.4 is 5.32 Å². The third kappa shape index (κ3) is 4.93. The minimum absolute atomic E-state index is 0.0345. The van der Waals surface area contributed by atoms with Gasteiger partial charge in [-0.2, -0.15) is 9.57 Å². The number of rotatable bonds is 4. The van der Waals surface area contributed by atoms with E-state index in [1.807, 2.05) is 72.6 Å². The number of nitriles is 1. The van der Waals surface area contributed by atoms with Crippen molar-refractivity contribution >= 4 is 21.7 Å². The SMILES string of the molecule is Cc1ccccc1N/C(=N/C#N)N1CCN(S(=O)(=O)c2ccc(F)cc2)C(c2ccccc2)C1. The maximum atomic E-state index is 13.5. The summed E-state index contributed by atoms with van der Waals surface area (Å²) < 4.78 is 41.9. The van der Waals surface area contributed by atoms with E-state index in [0.717, 1.165) is 28.9 Å². The molecule has 0 saturated carbocycles. The Balaban J connectivity index is 1.68. The van der Waals surface area contributed by atoms with Gasteiger partial charge in [0.25, 0.3) is 0 Å². The van der Waals surface area contributed by atoms with E-state index >= 15 is 0 Å². The van der Waals surface area contributed by atoms with Crippen LogP contribution in [0.1, 0.15) is 17.2 Å². The number of guanidine groups is 1. The molecule has 1 aliphatic rings. The van der Waals surface area contributed by atoms with E-state index in [-0.39, 0.29) is 18.0 Å². The Morgan fingerprint density at radius 3 is 2.38 bits per heavy atom. The first kappa shape index (κ1) is 23.4. The Hall–Kier alpha value is -3.74. The number of para-hydroxylation sites is 1. The van der Waals surface area contributed by atoms with E-state index < -0.39 is 21.9 Å². The van der Waals surface area contributed by atoms with Crippen LogP contribution in [0.4, 0.5) is 10.1 Å². The maximum Gasteiger partial charge on any atom is 0.243 e. The summed E-state index contributed by atoms with van der Waals surface area (Å²) >= 11 is 0. The van der Waals surface area contributed by atoms with Gasteiger partial charge in [-0.1, -0.05) is 48.5 Å². The molecule has 1 fully saturated rings. The van der Waals surface area contributed by atoms with Crippen molar-refractivity contribution in [1.82, 2.24) is 9.21 Å². The van der Waals surface area contributed by atoms with Crippen molar-refractivity contribution in [2.24, 2.45) is 4.99 Å². The standard InChI is InChI=1S/C25H24FN5O2S/c1-19-7-5-6-10-23(19)29-25(28-18-27)30-15-16-31(24(17-30)20-8-3-2-4-9-20)34(32,33)22-13-11-21(26)12-14-22/h2-14,24H,15-17H2,1H3,(H,28,29). The largest absolute Gasteiger partial charge is 0.339 e. The number of hydrogen-bond donors (Lipinski definition) is 1. The Labute approximate surface area is 198 Å². The predicted octanol–water partition coefficient (Wildman–Crippen LogP) is 4.13. The fraction of sp³-hybridized carbons (Fsp3) is 0.200. The summed E-state index contributed by atoms with van der Waals surface area (Å²) in [6.07, 6.45) is 1.85. The van der Waals surface area contributed by atoms with E-state index in [4.69, 9.17) is 0 Å². The minimum atomic E-state index is -3.89. The molecule has 0 spiro atoms. The van der Waals surface area contributed by atoms with Gasteiger partial charge < -0.3 is 10.2 Å². The Morgan fingerprint density at radius 2 is 1.71 bits per heavy atom. The molecule has 34 heavy (non-hydrogen) atoms. The summed E-state index contributed by atoms with van der Waals surface area (Å²) in [4.78, 5) is 5.91. The fourth-order valence-electron chi connectivity index (χ4n) is 3.99. The van der Waals surface area contributed by atoms with Crippen molar-refractivity contribution in [3.05, 3.63) is 95.8 Å². The van der Waals surface area contributed by atoms with Crippen molar-refractivity contribution in [3.63, 3.8) is 0 Å². The molecule has 0 radical (unpaired) electrons. The van der Waals surface area contributed by atoms with Crippen LogP contribution in [0.25, 0.3) is 0 Å². The van der Waals surface area contributed by atoms with Gasteiger partial charge in [0, 0.05) is 25.3 Å². The van der Waals surface area contributed by atoms with Crippen molar-refractivity contribution < 1.29 is 12.8 Å². The van der Waals surface area contributed by atoms with E-state index in [0.29, 0.717) is 12.5 Å². The van der Waals surface area contributed by atoms with Gasteiger partial charge in [-0.15, -0.1) is 4.99 Å². The molecule has 3 aromatic carbocycles. The highest BCUT2D eigenvalue weighted by atomic mass is 32.2. The zero-order valence-corrected chi connectivity index (χ0v) is 19.4. The summed E-state index contributed by atoms with van der Waals surface area (Å²) in [5.41, 5.74) is 2.62. The lowest BCUT2D eigenvalue weighted by molar-refractivity contribution is 0.194. The van der Waals surface area contributed by atoms with Crippen molar-refractivity contribution in [2.45, 2.75) is 17.9 Å². The molecule has 3 aromatic rings. The van der Waals surface area contributed by atoms with E-state index in [1.165, 1.54) is 16.4 Å². The predicted molar refractivity (Wildman–Crippen MR) is 129 cm³/mol. The van der Waals surface area contributed by atoms with Crippen LogP contribution in [0.2, 0.25) is 0 Å². The lowest BCUT2D eigenvalue weighted by Gasteiger charge is -2.41. The molecular formula is C25H24FN5O2S. The smallest absolute Gasteiger partial charge is 0.243 e. The average Bonchev–Trinajstić information content (AvgIpc) is 2.85. The van der Waals surface area contributed by atoms with Crippen LogP contribution in [0, 0.1) is 24.2 Å². The number of anilines is 1. The molecule has 1 atom stereocenters. The molecule has 7 nitrogen and oxygen atoms in total. The normalized spacial score (nSPS) is 17.3. The highest BCUT2D eigenvalue weighted by Crippen LogP contribution is 2.31. The number of nitrogens with zero attached hydrogens (tertiary/aromatic N) is 4. The Kier molecular flexibility index (Phi) is 6.91. The van der Waals surface area contributed by atoms with Crippen LogP contribution in [0.5, 0.6) is 0 Å². The second kappa shape index (κ2) is 10.0. The van der Waals surface area contributed by atoms with Gasteiger partial charge in [0.2, 0.25) is 22.2 Å². The van der Waals surface area contributed by atoms with Gasteiger partial charge in [0.1, 0.15) is 5.82 Å². The molecule has 1 heterocycles. The van der Waals surface area contributed by atoms with Crippen LogP contribution in [-0.2, 0) is 10.0 Å². The number of sulfonamides is 1. The lowest BCUT2D eigenvalue weighted by Crippen LogP contribution is -2.53. The molecule has 4 rings (SSSR count). The van der Waals surface area contributed by atoms with E-state index in [2.05, 4.69) is 10.3 Å². The quantitative estimate of drug-likeness (QED) is 0.347. The third-order valence-corrected chi connectivity index (χ3v) is 7.71. The number of hydrogen-bond acceptors (Lipinski definition) is 4. The molecule has 0 aromatic heterocycles. The van der Waals surface area contributed by atoms with Crippen LogP contribution in [0.3, 0.4) is 0 Å². The van der Waals surface area contributed by atoms with Gasteiger partial charge in [-0.05, 0) is 48.4 Å². The van der Waals surface area contributed by atoms with E-state index in [9.17, 15) is 18.1 Å². The molecular weight excluding hydrogens is 453 g/mol. The summed E-state index contributed by atoms with van der Waals surface area (Å²) in [6.45, 7) is 2.72. The second-order valence-electron chi connectivity index (χ2n) is 7.92. The summed E-state index contributed by atoms with van der Waals surface area (Å²) in [5, 5.41) is 12.5. The number of aryl methyl sites for hydroxylation is 1. The molecule has 0 amide bonds. The molecule has 1 aliphatic heterocycles. The average molecular weight is 478 g/mol. The van der Waals surface area contributed by atoms with Crippen molar-refractivity contribution in [3.8, 4) is 6.19 Å². The molecule has 1 unspecified atom stereocenters. The van der Waals surface area contributed by atoms with Gasteiger partial charge in [-0.3, -0.25) is 0 Å². The van der Waals surface area contributed by atoms with Gasteiger partial charge in [-0.25, -0.2) is 12.8 Å². The van der Waals surface area contributed by atoms with Crippen molar-refractivity contribution in [1.29, 1.82) is 5.26 Å².